The summed E-state index contributed by atoms with van der Waals surface area (Å²) in [5, 5.41) is 0.497. The minimum Gasteiger partial charge on any atom is -0.497 e. The second-order valence-electron chi connectivity index (χ2n) is 10.00. The van der Waals surface area contributed by atoms with E-state index in [2.05, 4.69) is 11.0 Å². The number of aryl methyl sites for hydroxylation is 1. The predicted octanol–water partition coefficient (Wildman–Crippen LogP) is 4.58. The smallest absolute Gasteiger partial charge is 0.255 e. The number of carbonyl (C=O) groups is 1. The number of sulfonamides is 1. The fourth-order valence-corrected chi connectivity index (χ4v) is 6.94. The van der Waals surface area contributed by atoms with Gasteiger partial charge in [0, 0.05) is 67.7 Å². The van der Waals surface area contributed by atoms with Crippen LogP contribution in [0.5, 0.6) is 5.75 Å². The molecule has 2 fully saturated rings. The van der Waals surface area contributed by atoms with E-state index in [1.54, 1.807) is 19.2 Å². The van der Waals surface area contributed by atoms with Gasteiger partial charge in [-0.25, -0.2) is 8.42 Å². The van der Waals surface area contributed by atoms with E-state index in [1.807, 2.05) is 42.2 Å². The van der Waals surface area contributed by atoms with Crippen molar-refractivity contribution in [1.82, 2.24) is 14.2 Å². The van der Waals surface area contributed by atoms with Crippen LogP contribution in [0, 0.1) is 6.92 Å². The van der Waals surface area contributed by atoms with Gasteiger partial charge in [0.1, 0.15) is 5.75 Å². The van der Waals surface area contributed by atoms with Crippen LogP contribution in [0.4, 0.5) is 5.69 Å². The molecule has 10 heteroatoms. The number of carbonyl (C=O) groups excluding carboxylic acids is 1. The molecule has 3 heterocycles. The summed E-state index contributed by atoms with van der Waals surface area (Å²) in [5.41, 5.74) is 3.33. The van der Waals surface area contributed by atoms with E-state index in [0.29, 0.717) is 49.6 Å². The molecular formula is C29H33ClN4O4S. The molecule has 3 aromatic rings. The Morgan fingerprint density at radius 1 is 0.949 bits per heavy atom. The van der Waals surface area contributed by atoms with E-state index in [1.165, 1.54) is 16.4 Å². The maximum absolute atomic E-state index is 13.7. The molecule has 2 aromatic carbocycles. The molecule has 2 aliphatic rings. The Balaban J connectivity index is 1.27. The summed E-state index contributed by atoms with van der Waals surface area (Å²) in [6.07, 6.45) is 1.21. The number of piperazine rings is 1. The first kappa shape index (κ1) is 27.4. The van der Waals surface area contributed by atoms with Crippen LogP contribution < -0.4 is 9.64 Å². The average Bonchev–Trinajstić information content (AvgIpc) is 2.97. The molecule has 0 bridgehead atoms. The minimum absolute atomic E-state index is 0.0126. The van der Waals surface area contributed by atoms with Crippen LogP contribution in [0.3, 0.4) is 0 Å². The van der Waals surface area contributed by atoms with Crippen LogP contribution in [-0.4, -0.2) is 74.9 Å². The summed E-state index contributed by atoms with van der Waals surface area (Å²) < 4.78 is 33.1. The second kappa shape index (κ2) is 11.5. The van der Waals surface area contributed by atoms with Gasteiger partial charge in [-0.3, -0.25) is 9.78 Å². The zero-order valence-electron chi connectivity index (χ0n) is 22.2. The molecule has 5 rings (SSSR count). The van der Waals surface area contributed by atoms with Crippen LogP contribution in [0.25, 0.3) is 0 Å². The number of ether oxygens (including phenoxy) is 1. The lowest BCUT2D eigenvalue weighted by atomic mass is 9.90. The highest BCUT2D eigenvalue weighted by Gasteiger charge is 2.33. The third-order valence-electron chi connectivity index (χ3n) is 7.57. The standard InChI is InChI=1S/C29H33ClN4O4S/c1-21-6-11-27(29(35)33-18-16-32(17-19-33)24-4-3-5-25(20-24)38-2)28(31-21)22-12-14-34(15-13-22)39(36,37)26-9-7-23(30)8-10-26/h3-11,20,22H,12-19H2,1-2H3. The van der Waals surface area contributed by atoms with Crippen LogP contribution in [-0.2, 0) is 10.0 Å². The largest absolute Gasteiger partial charge is 0.497 e. The highest BCUT2D eigenvalue weighted by atomic mass is 35.5. The first-order valence-corrected chi connectivity index (χ1v) is 15.0. The van der Waals surface area contributed by atoms with Crippen molar-refractivity contribution in [2.75, 3.05) is 51.3 Å². The normalized spacial score (nSPS) is 17.3. The number of aromatic nitrogens is 1. The Bertz CT molecular complexity index is 1430. The SMILES string of the molecule is COc1cccc(N2CCN(C(=O)c3ccc(C)nc3C3CCN(S(=O)(=O)c4ccc(Cl)cc4)CC3)CC2)c1. The average molecular weight is 569 g/mol. The number of rotatable bonds is 6. The van der Waals surface area contributed by atoms with Crippen LogP contribution >= 0.6 is 11.6 Å². The van der Waals surface area contributed by atoms with Crippen LogP contribution in [0.2, 0.25) is 5.02 Å². The monoisotopic (exact) mass is 568 g/mol. The fourth-order valence-electron chi connectivity index (χ4n) is 5.34. The summed E-state index contributed by atoms with van der Waals surface area (Å²) in [6, 6.07) is 18.0. The van der Waals surface area contributed by atoms with Gasteiger partial charge < -0.3 is 14.5 Å². The van der Waals surface area contributed by atoms with Crippen molar-refractivity contribution in [2.24, 2.45) is 0 Å². The lowest BCUT2D eigenvalue weighted by Gasteiger charge is -2.37. The molecule has 0 aliphatic carbocycles. The van der Waals surface area contributed by atoms with Gasteiger partial charge in [-0.15, -0.1) is 0 Å². The molecule has 0 saturated carbocycles. The number of piperidine rings is 1. The molecule has 0 radical (unpaired) electrons. The zero-order chi connectivity index (χ0) is 27.6. The highest BCUT2D eigenvalue weighted by Crippen LogP contribution is 2.33. The molecule has 0 atom stereocenters. The number of amides is 1. The summed E-state index contributed by atoms with van der Waals surface area (Å²) >= 11 is 5.94. The van der Waals surface area contributed by atoms with E-state index in [4.69, 9.17) is 21.3 Å². The molecule has 2 saturated heterocycles. The van der Waals surface area contributed by atoms with Crippen molar-refractivity contribution in [2.45, 2.75) is 30.6 Å². The fraction of sp³-hybridized carbons (Fsp3) is 0.379. The van der Waals surface area contributed by atoms with E-state index < -0.39 is 10.0 Å². The first-order valence-electron chi connectivity index (χ1n) is 13.2. The van der Waals surface area contributed by atoms with Crippen molar-refractivity contribution in [3.63, 3.8) is 0 Å². The minimum atomic E-state index is -3.60. The van der Waals surface area contributed by atoms with Crippen molar-refractivity contribution >= 4 is 33.2 Å². The van der Waals surface area contributed by atoms with Gasteiger partial charge in [-0.2, -0.15) is 4.31 Å². The van der Waals surface area contributed by atoms with Crippen molar-refractivity contribution in [3.8, 4) is 5.75 Å². The lowest BCUT2D eigenvalue weighted by molar-refractivity contribution is 0.0744. The molecular weight excluding hydrogens is 536 g/mol. The summed E-state index contributed by atoms with van der Waals surface area (Å²) in [5.74, 6) is 0.811. The van der Waals surface area contributed by atoms with Gasteiger partial charge >= 0.3 is 0 Å². The van der Waals surface area contributed by atoms with Crippen molar-refractivity contribution < 1.29 is 17.9 Å². The van der Waals surface area contributed by atoms with E-state index in [0.717, 1.165) is 35.9 Å². The number of hydrogen-bond acceptors (Lipinski definition) is 6. The van der Waals surface area contributed by atoms with Gasteiger partial charge in [0.2, 0.25) is 10.0 Å². The topological polar surface area (TPSA) is 83.1 Å². The van der Waals surface area contributed by atoms with Crippen molar-refractivity contribution in [1.29, 1.82) is 0 Å². The van der Waals surface area contributed by atoms with Gasteiger partial charge in [-0.1, -0.05) is 17.7 Å². The summed E-state index contributed by atoms with van der Waals surface area (Å²) in [4.78, 5) is 22.9. The van der Waals surface area contributed by atoms with E-state index in [-0.39, 0.29) is 16.7 Å². The molecule has 1 amide bonds. The number of benzene rings is 2. The number of nitrogens with zero attached hydrogens (tertiary/aromatic N) is 4. The second-order valence-corrected chi connectivity index (χ2v) is 12.4. The Labute approximate surface area is 235 Å². The molecule has 0 unspecified atom stereocenters. The lowest BCUT2D eigenvalue weighted by Crippen LogP contribution is -2.49. The number of anilines is 1. The Morgan fingerprint density at radius 2 is 1.64 bits per heavy atom. The molecule has 8 nitrogen and oxygen atoms in total. The molecule has 2 aliphatic heterocycles. The molecule has 1 aromatic heterocycles. The Morgan fingerprint density at radius 3 is 2.31 bits per heavy atom. The Kier molecular flexibility index (Phi) is 8.11. The number of halogens is 1. The summed E-state index contributed by atoms with van der Waals surface area (Å²) in [6.45, 7) is 5.35. The van der Waals surface area contributed by atoms with E-state index >= 15 is 0 Å². The summed E-state index contributed by atoms with van der Waals surface area (Å²) in [7, 11) is -1.94. The van der Waals surface area contributed by atoms with Gasteiger partial charge in [-0.05, 0) is 68.3 Å². The maximum atomic E-state index is 13.7. The van der Waals surface area contributed by atoms with Gasteiger partial charge in [0.05, 0.1) is 23.3 Å². The number of pyridine rings is 1. The van der Waals surface area contributed by atoms with Crippen LogP contribution in [0.15, 0.2) is 65.6 Å². The number of hydrogen-bond donors (Lipinski definition) is 0. The predicted molar refractivity (Wildman–Crippen MR) is 152 cm³/mol. The zero-order valence-corrected chi connectivity index (χ0v) is 23.8. The van der Waals surface area contributed by atoms with Crippen molar-refractivity contribution in [3.05, 3.63) is 82.6 Å². The Hall–Kier alpha value is -3.14. The van der Waals surface area contributed by atoms with Crippen LogP contribution in [0.1, 0.15) is 40.5 Å². The highest BCUT2D eigenvalue weighted by molar-refractivity contribution is 7.89. The molecule has 0 spiro atoms. The molecule has 0 N–H and O–H groups in total. The van der Waals surface area contributed by atoms with Gasteiger partial charge in [0.25, 0.3) is 5.91 Å². The molecule has 39 heavy (non-hydrogen) atoms. The number of methoxy groups -OCH3 is 1. The third kappa shape index (κ3) is 5.90. The first-order chi connectivity index (χ1) is 18.8. The van der Waals surface area contributed by atoms with Gasteiger partial charge in [0.15, 0.2) is 0 Å². The quantitative estimate of drug-likeness (QED) is 0.433. The third-order valence-corrected chi connectivity index (χ3v) is 9.74. The van der Waals surface area contributed by atoms with E-state index in [9.17, 15) is 13.2 Å². The maximum Gasteiger partial charge on any atom is 0.255 e. The molecule has 206 valence electrons.